The molecule has 0 bridgehead atoms. The van der Waals surface area contributed by atoms with Crippen LogP contribution in [0.4, 0.5) is 4.39 Å². The lowest BCUT2D eigenvalue weighted by atomic mass is 10.1. The molecule has 1 unspecified atom stereocenters. The lowest BCUT2D eigenvalue weighted by Gasteiger charge is -2.24. The van der Waals surface area contributed by atoms with Crippen molar-refractivity contribution in [2.45, 2.75) is 37.4 Å². The van der Waals surface area contributed by atoms with Gasteiger partial charge in [0.15, 0.2) is 0 Å². The summed E-state index contributed by atoms with van der Waals surface area (Å²) < 4.78 is 13.2. The van der Waals surface area contributed by atoms with Crippen molar-refractivity contribution in [1.29, 1.82) is 0 Å². The third kappa shape index (κ3) is 2.40. The van der Waals surface area contributed by atoms with Gasteiger partial charge in [0.1, 0.15) is 5.67 Å². The largest absolute Gasteiger partial charge is 0.355 e. The van der Waals surface area contributed by atoms with Crippen LogP contribution in [-0.4, -0.2) is 30.7 Å². The molecule has 0 radical (unpaired) electrons. The molecule has 0 spiro atoms. The van der Waals surface area contributed by atoms with Crippen LogP contribution in [0.15, 0.2) is 0 Å². The van der Waals surface area contributed by atoms with E-state index in [9.17, 15) is 9.18 Å². The van der Waals surface area contributed by atoms with Crippen LogP contribution in [0.25, 0.3) is 0 Å². The summed E-state index contributed by atoms with van der Waals surface area (Å²) in [6, 6.07) is 0.269. The van der Waals surface area contributed by atoms with Gasteiger partial charge in [0.2, 0.25) is 5.91 Å². The second-order valence-corrected chi connectivity index (χ2v) is 4.07. The Morgan fingerprint density at radius 3 is 2.92 bits per heavy atom. The summed E-state index contributed by atoms with van der Waals surface area (Å²) in [4.78, 5) is 10.8. The lowest BCUT2D eigenvalue weighted by molar-refractivity contribution is -0.122. The highest BCUT2D eigenvalue weighted by molar-refractivity contribution is 5.76. The molecule has 2 fully saturated rings. The average molecular weight is 186 g/mol. The molecule has 1 heterocycles. The van der Waals surface area contributed by atoms with Gasteiger partial charge >= 0.3 is 0 Å². The summed E-state index contributed by atoms with van der Waals surface area (Å²) in [5.74, 6) is 0.111. The molecular weight excluding hydrogens is 171 g/mol. The normalized spacial score (nSPS) is 31.2. The van der Waals surface area contributed by atoms with Crippen LogP contribution in [0, 0.1) is 0 Å². The standard InChI is InChI=1S/C9H15FN2O/c10-9(3-4-9)6-12-7-1-2-8(13)11-5-7/h7,12H,1-6H2,(H,11,13). The zero-order chi connectivity index (χ0) is 9.31. The zero-order valence-electron chi connectivity index (χ0n) is 7.61. The first-order valence-corrected chi connectivity index (χ1v) is 4.87. The summed E-state index contributed by atoms with van der Waals surface area (Å²) in [5.41, 5.74) is -0.929. The molecule has 13 heavy (non-hydrogen) atoms. The van der Waals surface area contributed by atoms with Crippen LogP contribution in [0.3, 0.4) is 0 Å². The minimum absolute atomic E-state index is 0.111. The molecule has 1 aliphatic heterocycles. The number of amides is 1. The highest BCUT2D eigenvalue weighted by atomic mass is 19.1. The Hall–Kier alpha value is -0.640. The first-order valence-electron chi connectivity index (χ1n) is 4.87. The van der Waals surface area contributed by atoms with E-state index in [0.717, 1.165) is 6.42 Å². The summed E-state index contributed by atoms with van der Waals surface area (Å²) in [6.07, 6.45) is 2.79. The number of halogens is 1. The van der Waals surface area contributed by atoms with Gasteiger partial charge in [-0.25, -0.2) is 4.39 Å². The predicted octanol–water partition coefficient (Wildman–Crippen LogP) is 0.357. The van der Waals surface area contributed by atoms with Crippen molar-refractivity contribution in [3.8, 4) is 0 Å². The molecule has 0 aromatic rings. The average Bonchev–Trinajstić information content (AvgIpc) is 2.84. The maximum absolute atomic E-state index is 13.2. The van der Waals surface area contributed by atoms with E-state index < -0.39 is 5.67 Å². The van der Waals surface area contributed by atoms with Crippen LogP contribution in [-0.2, 0) is 4.79 Å². The Morgan fingerprint density at radius 2 is 2.38 bits per heavy atom. The Morgan fingerprint density at radius 1 is 1.62 bits per heavy atom. The third-order valence-corrected chi connectivity index (χ3v) is 2.77. The van der Waals surface area contributed by atoms with Gasteiger partial charge in [0.05, 0.1) is 0 Å². The number of alkyl halides is 1. The maximum atomic E-state index is 13.2. The van der Waals surface area contributed by atoms with Gasteiger partial charge in [-0.15, -0.1) is 0 Å². The number of carbonyl (C=O) groups is 1. The predicted molar refractivity (Wildman–Crippen MR) is 47.1 cm³/mol. The van der Waals surface area contributed by atoms with E-state index in [0.29, 0.717) is 32.4 Å². The number of carbonyl (C=O) groups excluding carboxylic acids is 1. The summed E-state index contributed by atoms with van der Waals surface area (Å²) in [6.45, 7) is 1.10. The van der Waals surface area contributed by atoms with E-state index in [1.807, 2.05) is 0 Å². The quantitative estimate of drug-likeness (QED) is 0.668. The van der Waals surface area contributed by atoms with E-state index in [1.165, 1.54) is 0 Å². The Kier molecular flexibility index (Phi) is 2.24. The van der Waals surface area contributed by atoms with E-state index in [-0.39, 0.29) is 11.9 Å². The van der Waals surface area contributed by atoms with Gasteiger partial charge in [0, 0.05) is 25.6 Å². The van der Waals surface area contributed by atoms with Crippen molar-refractivity contribution in [1.82, 2.24) is 10.6 Å². The van der Waals surface area contributed by atoms with Crippen LogP contribution in [0.5, 0.6) is 0 Å². The maximum Gasteiger partial charge on any atom is 0.220 e. The molecule has 1 amide bonds. The van der Waals surface area contributed by atoms with Gasteiger partial charge in [-0.1, -0.05) is 0 Å². The van der Waals surface area contributed by atoms with E-state index in [1.54, 1.807) is 0 Å². The number of rotatable bonds is 3. The van der Waals surface area contributed by atoms with E-state index in [2.05, 4.69) is 10.6 Å². The summed E-state index contributed by atoms with van der Waals surface area (Å²) in [5, 5.41) is 5.92. The molecule has 0 aromatic heterocycles. The minimum atomic E-state index is -0.929. The second-order valence-electron chi connectivity index (χ2n) is 4.07. The molecule has 1 aliphatic carbocycles. The smallest absolute Gasteiger partial charge is 0.220 e. The highest BCUT2D eigenvalue weighted by Crippen LogP contribution is 2.38. The second kappa shape index (κ2) is 3.25. The topological polar surface area (TPSA) is 41.1 Å². The minimum Gasteiger partial charge on any atom is -0.355 e. The molecule has 2 aliphatic rings. The monoisotopic (exact) mass is 186 g/mol. The summed E-state index contributed by atoms with van der Waals surface area (Å²) in [7, 11) is 0. The SMILES string of the molecule is O=C1CCC(NCC2(F)CC2)CN1. The van der Waals surface area contributed by atoms with Gasteiger partial charge < -0.3 is 10.6 Å². The molecule has 1 saturated carbocycles. The lowest BCUT2D eigenvalue weighted by Crippen LogP contribution is -2.47. The molecular formula is C9H15FN2O. The van der Waals surface area contributed by atoms with Gasteiger partial charge in [-0.2, -0.15) is 0 Å². The van der Waals surface area contributed by atoms with Crippen molar-refractivity contribution in [3.63, 3.8) is 0 Å². The Bertz CT molecular complexity index is 206. The molecule has 4 heteroatoms. The van der Waals surface area contributed by atoms with E-state index >= 15 is 0 Å². The Labute approximate surface area is 77.1 Å². The molecule has 74 valence electrons. The van der Waals surface area contributed by atoms with Gasteiger partial charge in [0.25, 0.3) is 0 Å². The number of hydrogen-bond donors (Lipinski definition) is 2. The fourth-order valence-electron chi connectivity index (χ4n) is 1.55. The zero-order valence-corrected chi connectivity index (χ0v) is 7.61. The first-order chi connectivity index (χ1) is 6.18. The molecule has 0 aromatic carbocycles. The number of piperidine rings is 1. The van der Waals surface area contributed by atoms with Crippen LogP contribution >= 0.6 is 0 Å². The summed E-state index contributed by atoms with van der Waals surface area (Å²) >= 11 is 0. The number of nitrogens with one attached hydrogen (secondary N) is 2. The van der Waals surface area contributed by atoms with Crippen molar-refractivity contribution in [3.05, 3.63) is 0 Å². The first kappa shape index (κ1) is 8.94. The van der Waals surface area contributed by atoms with Crippen molar-refractivity contribution in [2.24, 2.45) is 0 Å². The molecule has 1 atom stereocenters. The fraction of sp³-hybridized carbons (Fsp3) is 0.889. The third-order valence-electron chi connectivity index (χ3n) is 2.77. The van der Waals surface area contributed by atoms with Gasteiger partial charge in [-0.05, 0) is 19.3 Å². The number of hydrogen-bond acceptors (Lipinski definition) is 2. The van der Waals surface area contributed by atoms with Crippen molar-refractivity contribution in [2.75, 3.05) is 13.1 Å². The van der Waals surface area contributed by atoms with Gasteiger partial charge in [-0.3, -0.25) is 4.79 Å². The van der Waals surface area contributed by atoms with Crippen LogP contribution in [0.2, 0.25) is 0 Å². The van der Waals surface area contributed by atoms with Crippen LogP contribution < -0.4 is 10.6 Å². The Balaban J connectivity index is 1.67. The van der Waals surface area contributed by atoms with Crippen molar-refractivity contribution < 1.29 is 9.18 Å². The molecule has 3 nitrogen and oxygen atoms in total. The molecule has 2 N–H and O–H groups in total. The van der Waals surface area contributed by atoms with Crippen LogP contribution in [0.1, 0.15) is 25.7 Å². The molecule has 1 saturated heterocycles. The molecule has 2 rings (SSSR count). The fourth-order valence-corrected chi connectivity index (χ4v) is 1.55. The highest BCUT2D eigenvalue weighted by Gasteiger charge is 2.43. The van der Waals surface area contributed by atoms with E-state index in [4.69, 9.17) is 0 Å². The van der Waals surface area contributed by atoms with Crippen molar-refractivity contribution >= 4 is 5.91 Å².